The molecule has 0 saturated carbocycles. The second-order valence-electron chi connectivity index (χ2n) is 4.02. The van der Waals surface area contributed by atoms with Crippen molar-refractivity contribution in [1.29, 1.82) is 0 Å². The number of amides is 1. The first-order valence-corrected chi connectivity index (χ1v) is 5.52. The maximum atomic E-state index is 13.0. The summed E-state index contributed by atoms with van der Waals surface area (Å²) in [6.45, 7) is 0.320. The van der Waals surface area contributed by atoms with Crippen molar-refractivity contribution in [3.8, 4) is 0 Å². The van der Waals surface area contributed by atoms with E-state index in [0.717, 1.165) is 0 Å². The Hall–Kier alpha value is -2.11. The van der Waals surface area contributed by atoms with E-state index in [9.17, 15) is 14.0 Å². The van der Waals surface area contributed by atoms with Crippen molar-refractivity contribution >= 4 is 17.7 Å². The molecule has 0 aromatic heterocycles. The molecular formula is C12H12FNO4. The molecule has 18 heavy (non-hydrogen) atoms. The van der Waals surface area contributed by atoms with Crippen molar-refractivity contribution in [2.75, 3.05) is 11.4 Å². The second kappa shape index (κ2) is 5.03. The molecule has 0 spiro atoms. The first kappa shape index (κ1) is 12.3. The first-order chi connectivity index (χ1) is 8.56. The van der Waals surface area contributed by atoms with Crippen molar-refractivity contribution in [3.05, 3.63) is 30.1 Å². The van der Waals surface area contributed by atoms with Gasteiger partial charge in [0.1, 0.15) is 11.9 Å². The summed E-state index contributed by atoms with van der Waals surface area (Å²) in [7, 11) is 0. The Morgan fingerprint density at radius 1 is 1.56 bits per heavy atom. The number of hydrogen-bond acceptors (Lipinski definition) is 3. The highest BCUT2D eigenvalue weighted by atomic mass is 19.1. The number of anilines is 1. The van der Waals surface area contributed by atoms with Crippen LogP contribution in [0.2, 0.25) is 0 Å². The summed E-state index contributed by atoms with van der Waals surface area (Å²) < 4.78 is 18.0. The number of carboxylic acid groups (broad SMARTS) is 1. The van der Waals surface area contributed by atoms with Crippen LogP contribution in [-0.2, 0) is 9.53 Å². The maximum absolute atomic E-state index is 13.0. The van der Waals surface area contributed by atoms with Crippen molar-refractivity contribution in [3.63, 3.8) is 0 Å². The molecule has 1 aromatic carbocycles. The molecule has 1 atom stereocenters. The number of cyclic esters (lactones) is 1. The van der Waals surface area contributed by atoms with E-state index in [4.69, 9.17) is 9.84 Å². The fraction of sp³-hybridized carbons (Fsp3) is 0.333. The number of nitrogens with zero attached hydrogens (tertiary/aromatic N) is 1. The Kier molecular flexibility index (Phi) is 3.45. The number of carbonyl (C=O) groups excluding carboxylic acids is 1. The lowest BCUT2D eigenvalue weighted by Gasteiger charge is -2.31. The van der Waals surface area contributed by atoms with Crippen LogP contribution in [0, 0.1) is 5.82 Å². The van der Waals surface area contributed by atoms with Crippen LogP contribution in [0.25, 0.3) is 0 Å². The van der Waals surface area contributed by atoms with Crippen LogP contribution in [0.1, 0.15) is 12.8 Å². The van der Waals surface area contributed by atoms with Crippen LogP contribution in [0.15, 0.2) is 24.3 Å². The summed E-state index contributed by atoms with van der Waals surface area (Å²) in [5, 5.41) is 8.62. The number of carbonyl (C=O) groups is 2. The highest BCUT2D eigenvalue weighted by Crippen LogP contribution is 2.22. The van der Waals surface area contributed by atoms with E-state index in [1.807, 2.05) is 0 Å². The van der Waals surface area contributed by atoms with Crippen LogP contribution in [0.5, 0.6) is 0 Å². The normalized spacial score (nSPS) is 19.5. The van der Waals surface area contributed by atoms with Gasteiger partial charge in [-0.15, -0.1) is 0 Å². The van der Waals surface area contributed by atoms with E-state index in [0.29, 0.717) is 18.7 Å². The van der Waals surface area contributed by atoms with E-state index in [-0.39, 0.29) is 6.42 Å². The van der Waals surface area contributed by atoms with E-state index >= 15 is 0 Å². The third kappa shape index (κ3) is 2.77. The van der Waals surface area contributed by atoms with Crippen molar-refractivity contribution < 1.29 is 23.8 Å². The summed E-state index contributed by atoms with van der Waals surface area (Å²) in [6.07, 6.45) is -1.05. The molecule has 96 valence electrons. The maximum Gasteiger partial charge on any atom is 0.414 e. The average Bonchev–Trinajstić information content (AvgIpc) is 2.28. The number of hydrogen-bond donors (Lipinski definition) is 1. The highest BCUT2D eigenvalue weighted by Gasteiger charge is 2.29. The molecule has 0 radical (unpaired) electrons. The van der Waals surface area contributed by atoms with Crippen LogP contribution in [0.3, 0.4) is 0 Å². The Morgan fingerprint density at radius 2 is 2.33 bits per heavy atom. The minimum Gasteiger partial charge on any atom is -0.481 e. The van der Waals surface area contributed by atoms with Gasteiger partial charge in [0.15, 0.2) is 0 Å². The Balaban J connectivity index is 2.06. The fourth-order valence-electron chi connectivity index (χ4n) is 1.85. The van der Waals surface area contributed by atoms with Crippen molar-refractivity contribution in [2.24, 2.45) is 0 Å². The lowest BCUT2D eigenvalue weighted by atomic mass is 10.1. The SMILES string of the molecule is O=C(O)CC1CCN(c2cccc(F)c2)C(=O)O1. The molecule has 1 fully saturated rings. The standard InChI is InChI=1S/C12H12FNO4/c13-8-2-1-3-9(6-8)14-5-4-10(7-11(15)16)18-12(14)17/h1-3,6,10H,4-5,7H2,(H,15,16). The lowest BCUT2D eigenvalue weighted by Crippen LogP contribution is -2.42. The third-order valence-corrected chi connectivity index (χ3v) is 2.68. The van der Waals surface area contributed by atoms with Crippen LogP contribution >= 0.6 is 0 Å². The van der Waals surface area contributed by atoms with Gasteiger partial charge in [-0.25, -0.2) is 9.18 Å². The van der Waals surface area contributed by atoms with Gasteiger partial charge in [0.05, 0.1) is 6.42 Å². The van der Waals surface area contributed by atoms with Crippen molar-refractivity contribution in [1.82, 2.24) is 0 Å². The monoisotopic (exact) mass is 253 g/mol. The molecule has 1 heterocycles. The zero-order valence-electron chi connectivity index (χ0n) is 9.51. The molecule has 1 aromatic rings. The zero-order valence-corrected chi connectivity index (χ0v) is 9.51. The van der Waals surface area contributed by atoms with Crippen molar-refractivity contribution in [2.45, 2.75) is 18.9 Å². The number of rotatable bonds is 3. The summed E-state index contributed by atoms with van der Waals surface area (Å²) in [6, 6.07) is 5.62. The molecule has 0 aliphatic carbocycles. The minimum atomic E-state index is -1.01. The lowest BCUT2D eigenvalue weighted by molar-refractivity contribution is -0.139. The van der Waals surface area contributed by atoms with E-state index < -0.39 is 24.0 Å². The molecule has 1 unspecified atom stereocenters. The summed E-state index contributed by atoms with van der Waals surface area (Å²) in [5.41, 5.74) is 0.411. The summed E-state index contributed by atoms with van der Waals surface area (Å²) >= 11 is 0. The molecule has 1 N–H and O–H groups in total. The third-order valence-electron chi connectivity index (χ3n) is 2.68. The minimum absolute atomic E-state index is 0.206. The average molecular weight is 253 g/mol. The topological polar surface area (TPSA) is 66.8 Å². The summed E-state index contributed by atoms with van der Waals surface area (Å²) in [5.74, 6) is -1.44. The van der Waals surface area contributed by atoms with E-state index in [2.05, 4.69) is 0 Å². The molecule has 0 bridgehead atoms. The second-order valence-corrected chi connectivity index (χ2v) is 4.02. The van der Waals surface area contributed by atoms with Gasteiger partial charge >= 0.3 is 12.1 Å². The predicted molar refractivity (Wildman–Crippen MR) is 60.9 cm³/mol. The Morgan fingerprint density at radius 3 is 2.94 bits per heavy atom. The highest BCUT2D eigenvalue weighted by molar-refractivity contribution is 5.88. The van der Waals surface area contributed by atoms with Gasteiger partial charge in [0.25, 0.3) is 0 Å². The van der Waals surface area contributed by atoms with Gasteiger partial charge < -0.3 is 9.84 Å². The smallest absolute Gasteiger partial charge is 0.414 e. The number of benzene rings is 1. The van der Waals surface area contributed by atoms with Gasteiger partial charge in [0.2, 0.25) is 0 Å². The molecule has 1 aliphatic heterocycles. The molecule has 1 aliphatic rings. The largest absolute Gasteiger partial charge is 0.481 e. The van der Waals surface area contributed by atoms with E-state index in [1.165, 1.54) is 23.1 Å². The Labute approximate surface area is 103 Å². The first-order valence-electron chi connectivity index (χ1n) is 5.52. The molecular weight excluding hydrogens is 241 g/mol. The predicted octanol–water partition coefficient (Wildman–Crippen LogP) is 2.02. The Bertz CT molecular complexity index is 477. The fourth-order valence-corrected chi connectivity index (χ4v) is 1.85. The molecule has 1 saturated heterocycles. The summed E-state index contributed by atoms with van der Waals surface area (Å²) in [4.78, 5) is 23.5. The van der Waals surface area contributed by atoms with Gasteiger partial charge in [0, 0.05) is 18.7 Å². The molecule has 5 nitrogen and oxygen atoms in total. The molecule has 6 heteroatoms. The number of aliphatic carboxylic acids is 1. The van der Waals surface area contributed by atoms with Gasteiger partial charge in [-0.3, -0.25) is 9.69 Å². The van der Waals surface area contributed by atoms with Crippen LogP contribution in [-0.4, -0.2) is 29.8 Å². The van der Waals surface area contributed by atoms with Crippen LogP contribution < -0.4 is 4.90 Å². The van der Waals surface area contributed by atoms with Gasteiger partial charge in [-0.1, -0.05) is 6.07 Å². The van der Waals surface area contributed by atoms with E-state index in [1.54, 1.807) is 6.07 Å². The van der Waals surface area contributed by atoms with Gasteiger partial charge in [-0.2, -0.15) is 0 Å². The molecule has 2 rings (SSSR count). The quantitative estimate of drug-likeness (QED) is 0.894. The van der Waals surface area contributed by atoms with Crippen LogP contribution in [0.4, 0.5) is 14.9 Å². The zero-order chi connectivity index (χ0) is 13.1. The molecule has 1 amide bonds. The number of carboxylic acids is 1. The number of halogens is 1. The van der Waals surface area contributed by atoms with Gasteiger partial charge in [-0.05, 0) is 18.2 Å². The number of ether oxygens (including phenoxy) is 1.